The molecule has 380 valence electrons. The molecule has 0 radical (unpaired) electrons. The number of aromatic nitrogens is 5. The van der Waals surface area contributed by atoms with E-state index in [1.54, 1.807) is 24.3 Å². The van der Waals surface area contributed by atoms with Gasteiger partial charge in [-0.2, -0.15) is 49.0 Å². The number of nitrogens with zero attached hydrogens (tertiary/aromatic N) is 11. The zero-order valence-electron chi connectivity index (χ0n) is 37.6. The van der Waals surface area contributed by atoms with Crippen molar-refractivity contribution in [1.82, 2.24) is 23.7 Å². The van der Waals surface area contributed by atoms with Crippen molar-refractivity contribution in [1.29, 1.82) is 0 Å². The number of thioether (sulfide) groups is 1. The minimum Gasteiger partial charge on any atom is -0.494 e. The van der Waals surface area contributed by atoms with Crippen LogP contribution in [0.3, 0.4) is 0 Å². The smallest absolute Gasteiger partial charge is 0.305 e. The van der Waals surface area contributed by atoms with Gasteiger partial charge in [0.2, 0.25) is 11.9 Å². The molecule has 5 N–H and O–H groups in total. The number of hydrogen-bond donors (Lipinski definition) is 5. The number of ether oxygens (including phenoxy) is 2. The van der Waals surface area contributed by atoms with Gasteiger partial charge < -0.3 is 29.9 Å². The van der Waals surface area contributed by atoms with Gasteiger partial charge in [0.25, 0.3) is 10.1 Å². The Kier molecular flexibility index (Phi) is 16.9. The summed E-state index contributed by atoms with van der Waals surface area (Å²) in [5.41, 5.74) is 2.18. The summed E-state index contributed by atoms with van der Waals surface area (Å²) in [5.74, 6) is -0.139. The van der Waals surface area contributed by atoms with Crippen LogP contribution in [-0.2, 0) is 30.4 Å². The summed E-state index contributed by atoms with van der Waals surface area (Å²) in [5, 5.41) is 24.2. The zero-order valence-corrected chi connectivity index (χ0v) is 45.6. The molecule has 7 rings (SSSR count). The van der Waals surface area contributed by atoms with E-state index in [-0.39, 0.29) is 86.0 Å². The number of anilines is 6. The lowest BCUT2D eigenvalue weighted by Crippen LogP contribution is -2.22. The monoisotopic (exact) mass is 1170 g/mol. The standard InChI is InChI=1S/C37H39Cl2N13O11S8/c1-7-51(8-2)21-13-17(19(15-23(21)62-5)45-47-29-25-27(38)33(70(56,57)58)65-31(25)49-67-29)40-35-42-36(44-37(43-35)64-11-12-69(53,54)55)41-18-14-22(52(9-3)10-4)24(63-6)16-20(18)46-48-30-26-28(39)34(71(59,60)61)66-32(26)50-68-30/h13-16H,7-12H2,1-6H3,(H,53,54,55)(H,56,57,58)(H,59,60,61)(H2,40,41,42,43,44)/b47-45+,48-46+. The Morgan fingerprint density at radius 3 is 1.41 bits per heavy atom. The van der Waals surface area contributed by atoms with Gasteiger partial charge in [0.1, 0.15) is 32.5 Å². The normalized spacial score (nSPS) is 12.5. The summed E-state index contributed by atoms with van der Waals surface area (Å²) in [6.45, 7) is 10.1. The van der Waals surface area contributed by atoms with Crippen LogP contribution in [0.1, 0.15) is 27.7 Å². The quantitative estimate of drug-likeness (QED) is 0.0239. The summed E-state index contributed by atoms with van der Waals surface area (Å²) in [6.07, 6.45) is 0. The summed E-state index contributed by atoms with van der Waals surface area (Å²) < 4.78 is 120. The van der Waals surface area contributed by atoms with Gasteiger partial charge in [0, 0.05) is 44.1 Å². The van der Waals surface area contributed by atoms with Gasteiger partial charge in [0.15, 0.2) is 23.6 Å². The third kappa shape index (κ3) is 12.2. The highest BCUT2D eigenvalue weighted by atomic mass is 35.5. The van der Waals surface area contributed by atoms with Crippen molar-refractivity contribution in [2.24, 2.45) is 20.5 Å². The van der Waals surface area contributed by atoms with E-state index in [0.717, 1.165) is 34.8 Å². The van der Waals surface area contributed by atoms with E-state index in [1.165, 1.54) is 14.2 Å². The first kappa shape index (κ1) is 54.1. The van der Waals surface area contributed by atoms with Crippen molar-refractivity contribution in [2.75, 3.05) is 72.3 Å². The van der Waals surface area contributed by atoms with Crippen LogP contribution in [0, 0.1) is 0 Å². The van der Waals surface area contributed by atoms with Gasteiger partial charge >= 0.3 is 20.2 Å². The lowest BCUT2D eigenvalue weighted by atomic mass is 10.2. The molecule has 0 aliphatic rings. The molecule has 0 atom stereocenters. The molecule has 0 fully saturated rings. The first-order chi connectivity index (χ1) is 33.6. The van der Waals surface area contributed by atoms with Crippen molar-refractivity contribution in [3.8, 4) is 11.5 Å². The number of azo groups is 2. The van der Waals surface area contributed by atoms with Crippen LogP contribution in [0.4, 0.5) is 56.0 Å². The molecule has 7 aromatic rings. The Balaban J connectivity index is 1.36. The third-order valence-electron chi connectivity index (χ3n) is 9.91. The van der Waals surface area contributed by atoms with E-state index in [1.807, 2.05) is 37.5 Å². The van der Waals surface area contributed by atoms with E-state index in [2.05, 4.69) is 54.8 Å². The molecule has 34 heteroatoms. The maximum absolute atomic E-state index is 12.0. The fourth-order valence-corrected chi connectivity index (χ4v) is 14.9. The Bertz CT molecular complexity index is 3340. The van der Waals surface area contributed by atoms with Crippen molar-refractivity contribution < 1.29 is 48.4 Å². The van der Waals surface area contributed by atoms with Crippen molar-refractivity contribution in [3.63, 3.8) is 0 Å². The lowest BCUT2D eigenvalue weighted by Gasteiger charge is -2.25. The van der Waals surface area contributed by atoms with Crippen LogP contribution in [0.5, 0.6) is 11.5 Å². The molecule has 0 bridgehead atoms. The number of benzene rings is 2. The second-order valence-corrected chi connectivity index (χ2v) is 24.3. The highest BCUT2D eigenvalue weighted by Gasteiger charge is 2.27. The highest BCUT2D eigenvalue weighted by Crippen LogP contribution is 2.49. The second kappa shape index (κ2) is 22.2. The van der Waals surface area contributed by atoms with Crippen LogP contribution < -0.4 is 29.9 Å². The molecule has 0 amide bonds. The Hall–Kier alpha value is -4.71. The lowest BCUT2D eigenvalue weighted by molar-refractivity contribution is 0.414. The minimum atomic E-state index is -4.66. The molecule has 0 saturated carbocycles. The van der Waals surface area contributed by atoms with Crippen molar-refractivity contribution in [3.05, 3.63) is 34.3 Å². The van der Waals surface area contributed by atoms with Gasteiger partial charge in [0.05, 0.1) is 63.5 Å². The Morgan fingerprint density at radius 2 is 1.06 bits per heavy atom. The summed E-state index contributed by atoms with van der Waals surface area (Å²) >= 11 is 16.9. The minimum absolute atomic E-state index is 0.0116. The number of thiophene rings is 2. The molecular formula is C37H39Cl2N13O11S8. The van der Waals surface area contributed by atoms with Gasteiger partial charge in [-0.05, 0) is 62.9 Å². The van der Waals surface area contributed by atoms with E-state index < -0.39 is 44.5 Å². The third-order valence-corrected chi connectivity index (χ3v) is 19.5. The first-order valence-electron chi connectivity index (χ1n) is 20.4. The van der Waals surface area contributed by atoms with Crippen LogP contribution in [0.15, 0.2) is 58.3 Å². The number of fused-ring (bicyclic) bond motifs is 2. The number of methoxy groups -OCH3 is 2. The molecule has 24 nitrogen and oxygen atoms in total. The number of hydrogen-bond acceptors (Lipinski definition) is 26. The van der Waals surface area contributed by atoms with Gasteiger partial charge in [-0.15, -0.1) is 20.5 Å². The van der Waals surface area contributed by atoms with E-state index >= 15 is 0 Å². The molecule has 0 aliphatic carbocycles. The topological polar surface area (TPSA) is 326 Å². The predicted octanol–water partition coefficient (Wildman–Crippen LogP) is 11.0. The SMILES string of the molecule is CCN(CC)c1cc(Nc2nc(Nc3cc(N(CC)CC)c(OC)cc3/N=N/c3snc4sc(S(=O)(=O)O)c(Cl)c34)nc(SCCS(=O)(=O)O)n2)c(/N=N/c2snc3sc(S(=O)(=O)O)c(Cl)c23)cc1OC. The highest BCUT2D eigenvalue weighted by molar-refractivity contribution is 8.00. The van der Waals surface area contributed by atoms with Crippen molar-refractivity contribution in [2.45, 2.75) is 41.3 Å². The van der Waals surface area contributed by atoms with Gasteiger partial charge in [-0.25, -0.2) is 0 Å². The largest absolute Gasteiger partial charge is 0.494 e. The molecule has 0 saturated heterocycles. The maximum Gasteiger partial charge on any atom is 0.305 e. The summed E-state index contributed by atoms with van der Waals surface area (Å²) in [4.78, 5) is 18.3. The molecule has 5 heterocycles. The molecule has 0 unspecified atom stereocenters. The predicted molar refractivity (Wildman–Crippen MR) is 280 cm³/mol. The van der Waals surface area contributed by atoms with Crippen LogP contribution >= 0.6 is 80.7 Å². The van der Waals surface area contributed by atoms with E-state index in [4.69, 9.17) is 32.7 Å². The van der Waals surface area contributed by atoms with Gasteiger partial charge in [-0.1, -0.05) is 57.6 Å². The van der Waals surface area contributed by atoms with Crippen LogP contribution in [0.2, 0.25) is 10.0 Å². The Morgan fingerprint density at radius 1 is 0.648 bits per heavy atom. The maximum atomic E-state index is 12.0. The molecule has 0 spiro atoms. The Labute approximate surface area is 436 Å². The fourth-order valence-electron chi connectivity index (χ4n) is 6.63. The number of rotatable bonds is 22. The first-order valence-corrected chi connectivity index (χ1v) is 29.8. The van der Waals surface area contributed by atoms with Crippen LogP contribution in [0.25, 0.3) is 20.4 Å². The second-order valence-electron chi connectivity index (χ2n) is 14.2. The molecule has 5 aromatic heterocycles. The molecule has 71 heavy (non-hydrogen) atoms. The molecule has 0 aliphatic heterocycles. The van der Waals surface area contributed by atoms with Crippen LogP contribution in [-0.4, -0.2) is 115 Å². The van der Waals surface area contributed by atoms with E-state index in [9.17, 15) is 38.9 Å². The number of halogens is 2. The van der Waals surface area contributed by atoms with E-state index in [0.29, 0.717) is 71.7 Å². The van der Waals surface area contributed by atoms with Gasteiger partial charge in [-0.3, -0.25) is 13.7 Å². The molecular weight excluding hydrogens is 1130 g/mol. The van der Waals surface area contributed by atoms with Crippen molar-refractivity contribution >= 4 is 188 Å². The zero-order chi connectivity index (χ0) is 51.6. The average Bonchev–Trinajstić information content (AvgIpc) is 4.08. The summed E-state index contributed by atoms with van der Waals surface area (Å²) in [7, 11) is -10.7. The molecule has 2 aromatic carbocycles. The number of nitrogens with one attached hydrogen (secondary N) is 2. The average molecular weight is 1170 g/mol. The fraction of sp³-hybridized carbons (Fsp3) is 0.324. The summed E-state index contributed by atoms with van der Waals surface area (Å²) in [6, 6.07) is 6.66.